The number of likely N-dealkylation sites (tertiary alicyclic amines) is 1. The van der Waals surface area contributed by atoms with Crippen LogP contribution in [-0.2, 0) is 0 Å². The minimum Gasteiger partial charge on any atom is -0.506 e. The van der Waals surface area contributed by atoms with Crippen LogP contribution >= 0.6 is 0 Å². The molecule has 3 rings (SSSR count). The summed E-state index contributed by atoms with van der Waals surface area (Å²) in [6.07, 6.45) is 3.18. The molecule has 1 aliphatic heterocycles. The van der Waals surface area contributed by atoms with Crippen LogP contribution in [0.5, 0.6) is 11.5 Å². The monoisotopic (exact) mass is 327 g/mol. The number of pyridine rings is 1. The van der Waals surface area contributed by atoms with Crippen LogP contribution in [0.4, 0.5) is 10.6 Å². The van der Waals surface area contributed by atoms with E-state index in [9.17, 15) is 9.90 Å². The molecule has 0 radical (unpaired) electrons. The predicted molar refractivity (Wildman–Crippen MR) is 91.5 cm³/mol. The summed E-state index contributed by atoms with van der Waals surface area (Å²) in [4.78, 5) is 18.0. The van der Waals surface area contributed by atoms with E-state index in [1.807, 2.05) is 12.1 Å². The molecule has 126 valence electrons. The normalized spacial score (nSPS) is 15.1. The van der Waals surface area contributed by atoms with Gasteiger partial charge in [0.15, 0.2) is 0 Å². The molecule has 2 amide bonds. The lowest BCUT2D eigenvalue weighted by atomic mass is 9.89. The number of carbonyl (C=O) groups excluding carboxylic acids is 1. The van der Waals surface area contributed by atoms with Gasteiger partial charge in [-0.05, 0) is 48.6 Å². The second kappa shape index (κ2) is 7.21. The van der Waals surface area contributed by atoms with E-state index in [1.54, 1.807) is 18.1 Å². The molecule has 0 unspecified atom stereocenters. The maximum Gasteiger partial charge on any atom is 0.323 e. The van der Waals surface area contributed by atoms with Crippen LogP contribution in [0.15, 0.2) is 42.6 Å². The molecule has 1 aliphatic rings. The number of piperidine rings is 1. The van der Waals surface area contributed by atoms with E-state index in [0.29, 0.717) is 24.8 Å². The molecule has 0 spiro atoms. The van der Waals surface area contributed by atoms with Crippen LogP contribution in [-0.4, -0.2) is 41.2 Å². The van der Waals surface area contributed by atoms with Crippen molar-refractivity contribution in [3.63, 3.8) is 0 Å². The number of anilines is 1. The highest BCUT2D eigenvalue weighted by Gasteiger charge is 2.24. The van der Waals surface area contributed by atoms with E-state index in [-0.39, 0.29) is 11.8 Å². The Morgan fingerprint density at radius 1 is 1.21 bits per heavy atom. The van der Waals surface area contributed by atoms with Gasteiger partial charge in [-0.15, -0.1) is 0 Å². The molecule has 6 nitrogen and oxygen atoms in total. The van der Waals surface area contributed by atoms with Crippen molar-refractivity contribution >= 4 is 11.8 Å². The first-order valence-corrected chi connectivity index (χ1v) is 8.00. The number of amides is 2. The Kier molecular flexibility index (Phi) is 4.84. The highest BCUT2D eigenvalue weighted by Crippen LogP contribution is 2.29. The average Bonchev–Trinajstić information content (AvgIpc) is 2.64. The molecule has 0 aliphatic carbocycles. The van der Waals surface area contributed by atoms with E-state index in [4.69, 9.17) is 4.74 Å². The summed E-state index contributed by atoms with van der Waals surface area (Å²) in [5.41, 5.74) is 1.29. The van der Waals surface area contributed by atoms with Gasteiger partial charge in [0.05, 0.1) is 13.3 Å². The number of carbonyl (C=O) groups is 1. The summed E-state index contributed by atoms with van der Waals surface area (Å²) < 4.78 is 5.19. The van der Waals surface area contributed by atoms with Crippen molar-refractivity contribution in [3.05, 3.63) is 48.2 Å². The van der Waals surface area contributed by atoms with Gasteiger partial charge in [0, 0.05) is 13.1 Å². The Bertz CT molecular complexity index is 678. The van der Waals surface area contributed by atoms with E-state index in [1.165, 1.54) is 17.8 Å². The maximum absolute atomic E-state index is 12.3. The highest BCUT2D eigenvalue weighted by atomic mass is 16.5. The quantitative estimate of drug-likeness (QED) is 0.908. The minimum absolute atomic E-state index is 0.0771. The Morgan fingerprint density at radius 2 is 1.92 bits per heavy atom. The number of ether oxygens (including phenoxy) is 1. The molecule has 0 saturated carbocycles. The predicted octanol–water partition coefficient (Wildman–Crippen LogP) is 3.21. The molecule has 2 N–H and O–H groups in total. The Hall–Kier alpha value is -2.76. The van der Waals surface area contributed by atoms with Gasteiger partial charge in [0.1, 0.15) is 17.3 Å². The van der Waals surface area contributed by atoms with Crippen molar-refractivity contribution in [3.8, 4) is 11.5 Å². The standard InChI is InChI=1S/C18H21N3O3/c1-24-16-5-2-13(3-6-16)14-8-10-21(11-9-14)18(23)20-17-7-4-15(22)12-19-17/h2-7,12,14,22H,8-11H2,1H3,(H,19,20,23). The number of rotatable bonds is 3. The van der Waals surface area contributed by atoms with Crippen LogP contribution in [0.3, 0.4) is 0 Å². The number of nitrogens with zero attached hydrogens (tertiary/aromatic N) is 2. The highest BCUT2D eigenvalue weighted by molar-refractivity contribution is 5.88. The molecular weight excluding hydrogens is 306 g/mol. The fourth-order valence-electron chi connectivity index (χ4n) is 2.94. The van der Waals surface area contributed by atoms with E-state index in [0.717, 1.165) is 18.6 Å². The zero-order valence-electron chi connectivity index (χ0n) is 13.6. The van der Waals surface area contributed by atoms with Gasteiger partial charge in [0.25, 0.3) is 0 Å². The summed E-state index contributed by atoms with van der Waals surface area (Å²) in [6, 6.07) is 11.1. The molecular formula is C18H21N3O3. The van der Waals surface area contributed by atoms with Gasteiger partial charge in [-0.2, -0.15) is 0 Å². The van der Waals surface area contributed by atoms with Crippen molar-refractivity contribution in [2.45, 2.75) is 18.8 Å². The Labute approximate surface area is 141 Å². The Morgan fingerprint density at radius 3 is 2.50 bits per heavy atom. The van der Waals surface area contributed by atoms with Crippen molar-refractivity contribution in [1.29, 1.82) is 0 Å². The lowest BCUT2D eigenvalue weighted by Crippen LogP contribution is -2.40. The lowest BCUT2D eigenvalue weighted by molar-refractivity contribution is 0.194. The molecule has 0 atom stereocenters. The number of hydrogen-bond acceptors (Lipinski definition) is 4. The van der Waals surface area contributed by atoms with Gasteiger partial charge in [-0.1, -0.05) is 12.1 Å². The molecule has 6 heteroatoms. The van der Waals surface area contributed by atoms with Crippen LogP contribution in [0, 0.1) is 0 Å². The summed E-state index contributed by atoms with van der Waals surface area (Å²) in [6.45, 7) is 1.42. The molecule has 2 heterocycles. The number of methoxy groups -OCH3 is 1. The van der Waals surface area contributed by atoms with Crippen molar-refractivity contribution in [2.24, 2.45) is 0 Å². The van der Waals surface area contributed by atoms with Crippen LogP contribution in [0.2, 0.25) is 0 Å². The molecule has 2 aromatic rings. The number of benzene rings is 1. The smallest absolute Gasteiger partial charge is 0.323 e. The molecule has 0 bridgehead atoms. The molecule has 24 heavy (non-hydrogen) atoms. The Balaban J connectivity index is 1.54. The van der Waals surface area contributed by atoms with Crippen molar-refractivity contribution in [2.75, 3.05) is 25.5 Å². The summed E-state index contributed by atoms with van der Waals surface area (Å²) >= 11 is 0. The van der Waals surface area contributed by atoms with Gasteiger partial charge < -0.3 is 14.7 Å². The summed E-state index contributed by atoms with van der Waals surface area (Å²) in [5, 5.41) is 12.0. The van der Waals surface area contributed by atoms with Crippen LogP contribution < -0.4 is 10.1 Å². The third-order valence-corrected chi connectivity index (χ3v) is 4.35. The molecule has 1 aromatic carbocycles. The molecule has 1 saturated heterocycles. The first-order chi connectivity index (χ1) is 11.7. The van der Waals surface area contributed by atoms with Gasteiger partial charge in [0.2, 0.25) is 0 Å². The van der Waals surface area contributed by atoms with Crippen LogP contribution in [0.25, 0.3) is 0 Å². The van der Waals surface area contributed by atoms with E-state index >= 15 is 0 Å². The fourth-order valence-corrected chi connectivity index (χ4v) is 2.94. The number of aromatic hydroxyl groups is 1. The van der Waals surface area contributed by atoms with Crippen molar-refractivity contribution < 1.29 is 14.6 Å². The lowest BCUT2D eigenvalue weighted by Gasteiger charge is -2.32. The number of urea groups is 1. The average molecular weight is 327 g/mol. The zero-order chi connectivity index (χ0) is 16.9. The SMILES string of the molecule is COc1ccc(C2CCN(C(=O)Nc3ccc(O)cn3)CC2)cc1. The van der Waals surface area contributed by atoms with Gasteiger partial charge in [-0.3, -0.25) is 5.32 Å². The number of hydrogen-bond donors (Lipinski definition) is 2. The zero-order valence-corrected chi connectivity index (χ0v) is 13.6. The molecule has 1 fully saturated rings. The maximum atomic E-state index is 12.3. The fraction of sp³-hybridized carbons (Fsp3) is 0.333. The molecule has 1 aromatic heterocycles. The third-order valence-electron chi connectivity index (χ3n) is 4.35. The first-order valence-electron chi connectivity index (χ1n) is 8.00. The summed E-state index contributed by atoms with van der Waals surface area (Å²) in [7, 11) is 1.66. The van der Waals surface area contributed by atoms with E-state index < -0.39 is 0 Å². The second-order valence-electron chi connectivity index (χ2n) is 5.87. The number of aromatic nitrogens is 1. The van der Waals surface area contributed by atoms with E-state index in [2.05, 4.69) is 22.4 Å². The van der Waals surface area contributed by atoms with Gasteiger partial charge in [-0.25, -0.2) is 9.78 Å². The topological polar surface area (TPSA) is 74.7 Å². The second-order valence-corrected chi connectivity index (χ2v) is 5.87. The summed E-state index contributed by atoms with van der Waals surface area (Å²) in [5.74, 6) is 1.84. The minimum atomic E-state index is -0.152. The number of nitrogens with one attached hydrogen (secondary N) is 1. The first kappa shape index (κ1) is 16.1. The van der Waals surface area contributed by atoms with Gasteiger partial charge >= 0.3 is 6.03 Å². The third kappa shape index (κ3) is 3.76. The largest absolute Gasteiger partial charge is 0.506 e. The van der Waals surface area contributed by atoms with Crippen LogP contribution in [0.1, 0.15) is 24.3 Å². The van der Waals surface area contributed by atoms with Crippen molar-refractivity contribution in [1.82, 2.24) is 9.88 Å².